The Labute approximate surface area is 152 Å². The summed E-state index contributed by atoms with van der Waals surface area (Å²) >= 11 is 6.22. The molecule has 0 aliphatic carbocycles. The Morgan fingerprint density at radius 2 is 1.92 bits per heavy atom. The first-order valence-electron chi connectivity index (χ1n) is 7.70. The van der Waals surface area contributed by atoms with Crippen LogP contribution in [-0.4, -0.2) is 18.7 Å². The first-order valence-corrected chi connectivity index (χ1v) is 8.08. The molecule has 9 heteroatoms. The summed E-state index contributed by atoms with van der Waals surface area (Å²) in [4.78, 5) is 29.3. The fraction of sp³-hybridized carbons (Fsp3) is 0.235. The molecule has 0 N–H and O–H groups in total. The third-order valence-corrected chi connectivity index (χ3v) is 4.39. The van der Waals surface area contributed by atoms with Crippen LogP contribution in [-0.2, 0) is 20.1 Å². The van der Waals surface area contributed by atoms with E-state index in [1.54, 1.807) is 24.3 Å². The van der Waals surface area contributed by atoms with Crippen LogP contribution in [0.15, 0.2) is 33.9 Å². The maximum Gasteiger partial charge on any atom is 0.332 e. The average molecular weight is 369 g/mol. The lowest BCUT2D eigenvalue weighted by atomic mass is 10.1. The summed E-state index contributed by atoms with van der Waals surface area (Å²) in [6.45, 7) is 0.139. The van der Waals surface area contributed by atoms with E-state index in [0.717, 1.165) is 4.57 Å². The van der Waals surface area contributed by atoms with E-state index in [9.17, 15) is 14.9 Å². The average Bonchev–Trinajstić information content (AvgIpc) is 2.97. The summed E-state index contributed by atoms with van der Waals surface area (Å²) < 4.78 is 3.70. The quantitative estimate of drug-likeness (QED) is 0.646. The van der Waals surface area contributed by atoms with E-state index in [1.165, 1.54) is 16.2 Å². The highest BCUT2D eigenvalue weighted by atomic mass is 35.5. The van der Waals surface area contributed by atoms with Gasteiger partial charge in [0, 0.05) is 13.6 Å². The summed E-state index contributed by atoms with van der Waals surface area (Å²) in [6.07, 6.45) is 0.0276. The van der Waals surface area contributed by atoms with E-state index in [2.05, 4.69) is 11.1 Å². The van der Waals surface area contributed by atoms with Crippen molar-refractivity contribution in [1.82, 2.24) is 18.7 Å². The molecule has 0 amide bonds. The van der Waals surface area contributed by atoms with Crippen LogP contribution in [0.1, 0.15) is 17.5 Å². The third kappa shape index (κ3) is 2.77. The SMILES string of the molecule is Cn1c(=O)n(CCC#N)c(=O)c2c1nc(Cl)n2Cc1ccccc1C#N. The normalized spacial score (nSPS) is 10.6. The predicted octanol–water partition coefficient (Wildman–Crippen LogP) is 1.38. The molecule has 0 bridgehead atoms. The van der Waals surface area contributed by atoms with Crippen molar-refractivity contribution in [3.8, 4) is 12.1 Å². The lowest BCUT2D eigenvalue weighted by Crippen LogP contribution is -2.39. The Balaban J connectivity index is 2.27. The summed E-state index contributed by atoms with van der Waals surface area (Å²) in [5.41, 5.74) is 0.326. The zero-order valence-electron chi connectivity index (χ0n) is 13.8. The molecular formula is C17H13ClN6O2. The Morgan fingerprint density at radius 1 is 1.19 bits per heavy atom. The van der Waals surface area contributed by atoms with Gasteiger partial charge in [-0.25, -0.2) is 4.79 Å². The molecule has 0 saturated heterocycles. The van der Waals surface area contributed by atoms with Gasteiger partial charge in [0.05, 0.1) is 30.7 Å². The van der Waals surface area contributed by atoms with Gasteiger partial charge in [-0.15, -0.1) is 0 Å². The first-order chi connectivity index (χ1) is 12.5. The standard InChI is InChI=1S/C17H13ClN6O2/c1-22-14-13(15(25)23(17(22)26)8-4-7-19)24(16(18)21-14)10-12-6-3-2-5-11(12)9-20/h2-3,5-6H,4,8,10H2,1H3. The van der Waals surface area contributed by atoms with Crippen LogP contribution >= 0.6 is 11.6 Å². The second kappa shape index (κ2) is 6.87. The molecule has 1 aromatic carbocycles. The molecule has 0 fully saturated rings. The zero-order chi connectivity index (χ0) is 18.8. The monoisotopic (exact) mass is 368 g/mol. The molecule has 2 aromatic heterocycles. The number of hydrogen-bond donors (Lipinski definition) is 0. The van der Waals surface area contributed by atoms with Crippen molar-refractivity contribution in [2.45, 2.75) is 19.5 Å². The van der Waals surface area contributed by atoms with Gasteiger partial charge in [-0.05, 0) is 23.2 Å². The number of rotatable bonds is 4. The molecule has 3 aromatic rings. The first kappa shape index (κ1) is 17.5. The highest BCUT2D eigenvalue weighted by Gasteiger charge is 2.20. The molecular weight excluding hydrogens is 356 g/mol. The Bertz CT molecular complexity index is 1210. The van der Waals surface area contributed by atoms with Crippen LogP contribution in [0.3, 0.4) is 0 Å². The second-order valence-electron chi connectivity index (χ2n) is 5.61. The number of fused-ring (bicyclic) bond motifs is 1. The summed E-state index contributed by atoms with van der Waals surface area (Å²) in [5.74, 6) is 0. The molecule has 130 valence electrons. The van der Waals surface area contributed by atoms with Gasteiger partial charge in [0.15, 0.2) is 11.2 Å². The van der Waals surface area contributed by atoms with Crippen molar-refractivity contribution in [1.29, 1.82) is 10.5 Å². The van der Waals surface area contributed by atoms with E-state index in [1.807, 2.05) is 6.07 Å². The number of imidazole rings is 1. The van der Waals surface area contributed by atoms with Crippen molar-refractivity contribution < 1.29 is 0 Å². The number of halogens is 1. The number of benzene rings is 1. The van der Waals surface area contributed by atoms with Crippen molar-refractivity contribution >= 4 is 22.8 Å². The summed E-state index contributed by atoms with van der Waals surface area (Å²) in [5, 5.41) is 18.1. The Hall–Kier alpha value is -3.36. The van der Waals surface area contributed by atoms with Crippen molar-refractivity contribution in [2.24, 2.45) is 7.05 Å². The minimum atomic E-state index is -0.563. The lowest BCUT2D eigenvalue weighted by Gasteiger charge is -2.10. The van der Waals surface area contributed by atoms with E-state index < -0.39 is 11.2 Å². The van der Waals surface area contributed by atoms with Crippen LogP contribution in [0.25, 0.3) is 11.2 Å². The molecule has 0 unspecified atom stereocenters. The highest BCUT2D eigenvalue weighted by molar-refractivity contribution is 6.29. The van der Waals surface area contributed by atoms with Gasteiger partial charge in [0.25, 0.3) is 5.56 Å². The smallest absolute Gasteiger partial charge is 0.304 e. The molecule has 0 aliphatic heterocycles. The van der Waals surface area contributed by atoms with E-state index in [0.29, 0.717) is 11.1 Å². The molecule has 0 spiro atoms. The number of aromatic nitrogens is 4. The number of nitriles is 2. The van der Waals surface area contributed by atoms with Crippen LogP contribution in [0, 0.1) is 22.7 Å². The van der Waals surface area contributed by atoms with Crippen LogP contribution in [0.2, 0.25) is 5.28 Å². The van der Waals surface area contributed by atoms with Gasteiger partial charge >= 0.3 is 5.69 Å². The minimum Gasteiger partial charge on any atom is -0.304 e. The summed E-state index contributed by atoms with van der Waals surface area (Å²) in [7, 11) is 1.49. The van der Waals surface area contributed by atoms with Crippen molar-refractivity contribution in [3.05, 3.63) is 61.5 Å². The van der Waals surface area contributed by atoms with Gasteiger partial charge in [-0.1, -0.05) is 18.2 Å². The molecule has 8 nitrogen and oxygen atoms in total. The van der Waals surface area contributed by atoms with Gasteiger partial charge in [0.1, 0.15) is 0 Å². The van der Waals surface area contributed by atoms with Gasteiger partial charge in [-0.2, -0.15) is 15.5 Å². The fourth-order valence-corrected chi connectivity index (χ4v) is 3.01. The van der Waals surface area contributed by atoms with Crippen LogP contribution in [0.4, 0.5) is 0 Å². The molecule has 0 aliphatic rings. The molecule has 0 saturated carbocycles. The van der Waals surface area contributed by atoms with Crippen LogP contribution in [0.5, 0.6) is 0 Å². The largest absolute Gasteiger partial charge is 0.332 e. The minimum absolute atomic E-state index is 0.0183. The van der Waals surface area contributed by atoms with Gasteiger partial charge < -0.3 is 4.57 Å². The zero-order valence-corrected chi connectivity index (χ0v) is 14.6. The van der Waals surface area contributed by atoms with Crippen molar-refractivity contribution in [3.63, 3.8) is 0 Å². The fourth-order valence-electron chi connectivity index (χ4n) is 2.79. The predicted molar refractivity (Wildman–Crippen MR) is 94.7 cm³/mol. The Morgan fingerprint density at radius 3 is 2.62 bits per heavy atom. The van der Waals surface area contributed by atoms with E-state index in [-0.39, 0.29) is 36.0 Å². The number of nitrogens with zero attached hydrogens (tertiary/aromatic N) is 6. The van der Waals surface area contributed by atoms with Crippen LogP contribution < -0.4 is 11.2 Å². The molecule has 0 radical (unpaired) electrons. The second-order valence-corrected chi connectivity index (χ2v) is 5.95. The molecule has 2 heterocycles. The molecule has 3 rings (SSSR count). The van der Waals surface area contributed by atoms with Gasteiger partial charge in [-0.3, -0.25) is 13.9 Å². The Kier molecular flexibility index (Phi) is 4.61. The topological polar surface area (TPSA) is 109 Å². The van der Waals surface area contributed by atoms with E-state index in [4.69, 9.17) is 16.9 Å². The third-order valence-electron chi connectivity index (χ3n) is 4.10. The highest BCUT2D eigenvalue weighted by Crippen LogP contribution is 2.19. The van der Waals surface area contributed by atoms with Crippen molar-refractivity contribution in [2.75, 3.05) is 0 Å². The summed E-state index contributed by atoms with van der Waals surface area (Å²) in [6, 6.07) is 11.0. The maximum absolute atomic E-state index is 12.8. The molecule has 26 heavy (non-hydrogen) atoms. The number of hydrogen-bond acceptors (Lipinski definition) is 5. The number of aryl methyl sites for hydroxylation is 1. The van der Waals surface area contributed by atoms with Gasteiger partial charge in [0.2, 0.25) is 5.28 Å². The van der Waals surface area contributed by atoms with E-state index >= 15 is 0 Å². The lowest BCUT2D eigenvalue weighted by molar-refractivity contribution is 0.610. The maximum atomic E-state index is 12.8. The molecule has 0 atom stereocenters.